The average molecular weight is 307 g/mol. The molecule has 0 heterocycles. The van der Waals surface area contributed by atoms with Gasteiger partial charge in [-0.3, -0.25) is 9.98 Å². The van der Waals surface area contributed by atoms with Gasteiger partial charge in [0.15, 0.2) is 5.75 Å². The number of benzene rings is 2. The molecule has 0 amide bonds. The van der Waals surface area contributed by atoms with Crippen molar-refractivity contribution in [2.45, 2.75) is 4.90 Å². The van der Waals surface area contributed by atoms with Gasteiger partial charge in [0.2, 0.25) is 9.84 Å². The highest BCUT2D eigenvalue weighted by Gasteiger charge is 2.23. The summed E-state index contributed by atoms with van der Waals surface area (Å²) in [5.74, 6) is -1.54. The molecule has 0 saturated carbocycles. The maximum atomic E-state index is 11.9. The molecule has 4 N–H and O–H groups in total. The van der Waals surface area contributed by atoms with Gasteiger partial charge in [0, 0.05) is 0 Å². The van der Waals surface area contributed by atoms with E-state index in [4.69, 9.17) is 10.8 Å². The van der Waals surface area contributed by atoms with Crippen molar-refractivity contribution in [2.75, 3.05) is 11.7 Å². The molecule has 0 aliphatic heterocycles. The summed E-state index contributed by atoms with van der Waals surface area (Å²) in [6.07, 6.45) is 0. The van der Waals surface area contributed by atoms with Crippen molar-refractivity contribution in [3.63, 3.8) is 0 Å². The number of sulfone groups is 1. The molecule has 2 aromatic rings. The van der Waals surface area contributed by atoms with Crippen LogP contribution in [0.4, 0.5) is 17.1 Å². The second-order valence-electron chi connectivity index (χ2n) is 4.23. The van der Waals surface area contributed by atoms with Crippen LogP contribution in [0.5, 0.6) is 5.75 Å². The Hall–Kier alpha value is -2.45. The number of phenols is 1. The van der Waals surface area contributed by atoms with Crippen molar-refractivity contribution in [2.24, 2.45) is 9.98 Å². The van der Waals surface area contributed by atoms with Crippen LogP contribution in [0.2, 0.25) is 0 Å². The van der Waals surface area contributed by atoms with E-state index < -0.39 is 21.5 Å². The lowest BCUT2D eigenvalue weighted by atomic mass is 10.1. The van der Waals surface area contributed by atoms with Crippen LogP contribution < -0.4 is 5.73 Å². The number of nitrogens with two attached hydrogens (primary N) is 1. The van der Waals surface area contributed by atoms with E-state index in [0.29, 0.717) is 11.1 Å². The largest absolute Gasteiger partial charge is 0.505 e. The molecule has 0 aromatic heterocycles. The first-order valence-electron chi connectivity index (χ1n) is 5.72. The third-order valence-corrected chi connectivity index (χ3v) is 4.39. The Morgan fingerprint density at radius 3 is 2.43 bits per heavy atom. The second kappa shape index (κ2) is 5.15. The number of aliphatic hydroxyl groups excluding tert-OH is 1. The third kappa shape index (κ3) is 2.24. The Morgan fingerprint density at radius 1 is 1.24 bits per heavy atom. The van der Waals surface area contributed by atoms with E-state index in [9.17, 15) is 13.5 Å². The predicted octanol–water partition coefficient (Wildman–Crippen LogP) is 1.52. The summed E-state index contributed by atoms with van der Waals surface area (Å²) < 4.78 is 23.8. The summed E-state index contributed by atoms with van der Waals surface area (Å²) in [5.41, 5.74) is 6.13. The van der Waals surface area contributed by atoms with Crippen LogP contribution in [0.15, 0.2) is 33.1 Å². The van der Waals surface area contributed by atoms with E-state index in [1.165, 1.54) is 6.07 Å². The van der Waals surface area contributed by atoms with Crippen molar-refractivity contribution >= 4 is 51.1 Å². The second-order valence-corrected chi connectivity index (χ2v) is 6.16. The molecule has 110 valence electrons. The molecule has 0 saturated heterocycles. The molecule has 21 heavy (non-hydrogen) atoms. The minimum atomic E-state index is -4.00. The van der Waals surface area contributed by atoms with Crippen molar-refractivity contribution in [3.8, 4) is 5.75 Å². The van der Waals surface area contributed by atoms with Gasteiger partial charge in [-0.2, -0.15) is 0 Å². The molecule has 2 rings (SSSR count). The Balaban J connectivity index is 3.02. The number of anilines is 1. The predicted molar refractivity (Wildman–Crippen MR) is 82.7 cm³/mol. The van der Waals surface area contributed by atoms with Crippen molar-refractivity contribution in [1.29, 1.82) is 0 Å². The molecule has 0 aliphatic rings. The number of phenolic OH excluding ortho intramolecular Hbond substituents is 1. The number of hydrogen-bond acceptors (Lipinski definition) is 7. The summed E-state index contributed by atoms with van der Waals surface area (Å²) in [5, 5.41) is 19.8. The molecule has 0 aliphatic carbocycles. The van der Waals surface area contributed by atoms with Gasteiger partial charge in [-0.05, 0) is 31.0 Å². The number of aliphatic imine (C=N–C) groups is 2. The summed E-state index contributed by atoms with van der Waals surface area (Å²) in [6, 6.07) is 4.35. The van der Waals surface area contributed by atoms with Gasteiger partial charge < -0.3 is 15.9 Å². The zero-order chi connectivity index (χ0) is 15.8. The lowest BCUT2D eigenvalue weighted by Crippen LogP contribution is -2.06. The Bertz CT molecular complexity index is 860. The number of fused-ring (bicyclic) bond motifs is 1. The van der Waals surface area contributed by atoms with Crippen LogP contribution in [0.1, 0.15) is 0 Å². The lowest BCUT2D eigenvalue weighted by Gasteiger charge is -2.13. The van der Waals surface area contributed by atoms with Crippen LogP contribution in [-0.2, 0) is 9.84 Å². The third-order valence-electron chi connectivity index (χ3n) is 3.07. The Morgan fingerprint density at radius 2 is 1.90 bits per heavy atom. The molecular weight excluding hydrogens is 294 g/mol. The van der Waals surface area contributed by atoms with Gasteiger partial charge in [-0.1, -0.05) is 6.07 Å². The first-order chi connectivity index (χ1) is 9.87. The van der Waals surface area contributed by atoms with E-state index in [1.54, 1.807) is 12.1 Å². The van der Waals surface area contributed by atoms with Crippen molar-refractivity contribution in [1.82, 2.24) is 0 Å². The quantitative estimate of drug-likeness (QED) is 0.583. The van der Waals surface area contributed by atoms with Gasteiger partial charge in [0.25, 0.3) is 0 Å². The normalized spacial score (nSPS) is 11.5. The molecule has 0 fully saturated rings. The molecular formula is C13H13N3O4S. The van der Waals surface area contributed by atoms with E-state index in [2.05, 4.69) is 23.4 Å². The van der Waals surface area contributed by atoms with E-state index >= 15 is 0 Å². The highest BCUT2D eigenvalue weighted by molar-refractivity contribution is 7.91. The molecule has 2 aromatic carbocycles. The van der Waals surface area contributed by atoms with Gasteiger partial charge in [0.1, 0.15) is 11.6 Å². The number of nitrogen functional groups attached to an aromatic ring is 1. The fraction of sp³-hybridized carbons (Fsp3) is 0.0769. The van der Waals surface area contributed by atoms with Crippen LogP contribution in [-0.4, -0.2) is 38.0 Å². The molecule has 7 nitrogen and oxygen atoms in total. The summed E-state index contributed by atoms with van der Waals surface area (Å²) in [6.45, 7) is 6.61. The van der Waals surface area contributed by atoms with Gasteiger partial charge in [0.05, 0.1) is 21.7 Å². The monoisotopic (exact) mass is 307 g/mol. The average Bonchev–Trinajstić information content (AvgIpc) is 2.47. The first-order valence-corrected chi connectivity index (χ1v) is 7.37. The lowest BCUT2D eigenvalue weighted by molar-refractivity contribution is 0.358. The van der Waals surface area contributed by atoms with E-state index in [-0.39, 0.29) is 21.7 Å². The maximum absolute atomic E-state index is 11.9. The SMILES string of the molecule is C=Nc1ccc2cc(S(=O)(=O)CO)c(N=C)c(O)c2c1N. The standard InChI is InChI=1S/C13H13N3O4S/c1-15-8-4-3-7-5-9(21(19,20)6-17)12(16-2)13(18)10(7)11(8)14/h3-5,17-18H,1-2,6,14H2. The minimum Gasteiger partial charge on any atom is -0.505 e. The number of nitrogens with zero attached hydrogens (tertiary/aromatic N) is 2. The molecule has 0 radical (unpaired) electrons. The van der Waals surface area contributed by atoms with Gasteiger partial charge >= 0.3 is 0 Å². The van der Waals surface area contributed by atoms with E-state index in [1.807, 2.05) is 0 Å². The molecule has 0 spiro atoms. The molecule has 0 unspecified atom stereocenters. The minimum absolute atomic E-state index is 0.151. The summed E-state index contributed by atoms with van der Waals surface area (Å²) in [4.78, 5) is 6.94. The van der Waals surface area contributed by atoms with Crippen molar-refractivity contribution in [3.05, 3.63) is 18.2 Å². The van der Waals surface area contributed by atoms with Crippen molar-refractivity contribution < 1.29 is 18.6 Å². The molecule has 0 atom stereocenters. The van der Waals surface area contributed by atoms with Crippen LogP contribution in [0, 0.1) is 0 Å². The van der Waals surface area contributed by atoms with Crippen LogP contribution in [0.25, 0.3) is 10.8 Å². The maximum Gasteiger partial charge on any atom is 0.204 e. The summed E-state index contributed by atoms with van der Waals surface area (Å²) >= 11 is 0. The summed E-state index contributed by atoms with van der Waals surface area (Å²) in [7, 11) is -4.00. The molecule has 8 heteroatoms. The molecule has 0 bridgehead atoms. The number of aromatic hydroxyl groups is 1. The van der Waals surface area contributed by atoms with Gasteiger partial charge in [-0.25, -0.2) is 8.42 Å². The van der Waals surface area contributed by atoms with E-state index in [0.717, 1.165) is 0 Å². The number of rotatable bonds is 4. The smallest absolute Gasteiger partial charge is 0.204 e. The Kier molecular flexibility index (Phi) is 3.67. The highest BCUT2D eigenvalue weighted by Crippen LogP contribution is 2.45. The zero-order valence-electron chi connectivity index (χ0n) is 10.9. The number of hydrogen-bond donors (Lipinski definition) is 3. The fourth-order valence-corrected chi connectivity index (χ4v) is 2.95. The van der Waals surface area contributed by atoms with Crippen LogP contribution in [0.3, 0.4) is 0 Å². The fourth-order valence-electron chi connectivity index (χ4n) is 2.05. The Labute approximate surface area is 121 Å². The topological polar surface area (TPSA) is 125 Å². The highest BCUT2D eigenvalue weighted by atomic mass is 32.2. The number of aliphatic hydroxyl groups is 1. The van der Waals surface area contributed by atoms with Crippen LogP contribution >= 0.6 is 0 Å². The first kappa shape index (κ1) is 14.9. The van der Waals surface area contributed by atoms with Gasteiger partial charge in [-0.15, -0.1) is 0 Å². The zero-order valence-corrected chi connectivity index (χ0v) is 11.8.